The average molecular weight is 278 g/mol. The van der Waals surface area contributed by atoms with Crippen molar-refractivity contribution in [1.29, 1.82) is 0 Å². The van der Waals surface area contributed by atoms with Gasteiger partial charge in [-0.15, -0.1) is 5.10 Å². The SMILES string of the molecule is CC(C)c1c(N)nnn1CC1CCC2(CCCCC2)O1. The van der Waals surface area contributed by atoms with Crippen molar-refractivity contribution in [2.75, 3.05) is 5.73 Å². The topological polar surface area (TPSA) is 66.0 Å². The van der Waals surface area contributed by atoms with Crippen LogP contribution in [0.3, 0.4) is 0 Å². The van der Waals surface area contributed by atoms with Gasteiger partial charge in [-0.05, 0) is 31.6 Å². The van der Waals surface area contributed by atoms with Gasteiger partial charge in [0.05, 0.1) is 23.9 Å². The maximum absolute atomic E-state index is 6.41. The van der Waals surface area contributed by atoms with Crippen molar-refractivity contribution >= 4 is 5.82 Å². The summed E-state index contributed by atoms with van der Waals surface area (Å²) in [6.45, 7) is 5.05. The largest absolute Gasteiger partial charge is 0.381 e. The van der Waals surface area contributed by atoms with Crippen LogP contribution in [0.5, 0.6) is 0 Å². The van der Waals surface area contributed by atoms with E-state index in [0.29, 0.717) is 11.7 Å². The van der Waals surface area contributed by atoms with E-state index in [0.717, 1.165) is 18.7 Å². The molecule has 0 bridgehead atoms. The second-order valence-electron chi connectivity index (χ2n) is 6.72. The zero-order valence-electron chi connectivity index (χ0n) is 12.6. The van der Waals surface area contributed by atoms with Gasteiger partial charge in [-0.25, -0.2) is 4.68 Å². The van der Waals surface area contributed by atoms with Crippen LogP contribution in [0, 0.1) is 0 Å². The summed E-state index contributed by atoms with van der Waals surface area (Å²) in [7, 11) is 0. The summed E-state index contributed by atoms with van der Waals surface area (Å²) in [6.07, 6.45) is 9.09. The van der Waals surface area contributed by atoms with E-state index in [4.69, 9.17) is 10.5 Å². The predicted molar refractivity (Wildman–Crippen MR) is 78.4 cm³/mol. The molecule has 5 nitrogen and oxygen atoms in total. The highest BCUT2D eigenvalue weighted by Gasteiger charge is 2.41. The molecule has 1 unspecified atom stereocenters. The Morgan fingerprint density at radius 3 is 2.75 bits per heavy atom. The van der Waals surface area contributed by atoms with Crippen molar-refractivity contribution in [3.63, 3.8) is 0 Å². The minimum atomic E-state index is 0.174. The van der Waals surface area contributed by atoms with Crippen LogP contribution >= 0.6 is 0 Å². The Balaban J connectivity index is 1.67. The second-order valence-corrected chi connectivity index (χ2v) is 6.72. The van der Waals surface area contributed by atoms with Crippen LogP contribution in [-0.2, 0) is 11.3 Å². The quantitative estimate of drug-likeness (QED) is 0.923. The van der Waals surface area contributed by atoms with E-state index in [-0.39, 0.29) is 11.7 Å². The molecule has 0 radical (unpaired) electrons. The van der Waals surface area contributed by atoms with Gasteiger partial charge in [-0.2, -0.15) is 0 Å². The number of anilines is 1. The summed E-state index contributed by atoms with van der Waals surface area (Å²) in [6, 6.07) is 0. The molecule has 1 aromatic heterocycles. The zero-order chi connectivity index (χ0) is 14.2. The normalized spacial score (nSPS) is 25.6. The van der Waals surface area contributed by atoms with Crippen LogP contribution in [0.1, 0.15) is 70.4 Å². The highest BCUT2D eigenvalue weighted by Crippen LogP contribution is 2.42. The molecule has 1 aromatic rings. The summed E-state index contributed by atoms with van der Waals surface area (Å²) < 4.78 is 8.36. The lowest BCUT2D eigenvalue weighted by atomic mass is 9.83. The minimum absolute atomic E-state index is 0.174. The smallest absolute Gasteiger partial charge is 0.169 e. The lowest BCUT2D eigenvalue weighted by Crippen LogP contribution is -2.32. The Morgan fingerprint density at radius 2 is 2.05 bits per heavy atom. The molecular weight excluding hydrogens is 252 g/mol. The van der Waals surface area contributed by atoms with Gasteiger partial charge in [0.1, 0.15) is 0 Å². The number of ether oxygens (including phenoxy) is 1. The van der Waals surface area contributed by atoms with Gasteiger partial charge in [0.25, 0.3) is 0 Å². The minimum Gasteiger partial charge on any atom is -0.381 e. The Morgan fingerprint density at radius 1 is 1.30 bits per heavy atom. The summed E-state index contributed by atoms with van der Waals surface area (Å²) in [5.74, 6) is 0.903. The second kappa shape index (κ2) is 5.35. The number of rotatable bonds is 3. The number of hydrogen-bond acceptors (Lipinski definition) is 4. The summed E-state index contributed by atoms with van der Waals surface area (Å²) in [4.78, 5) is 0. The fourth-order valence-electron chi connectivity index (χ4n) is 3.84. The van der Waals surface area contributed by atoms with Crippen molar-refractivity contribution in [2.45, 2.75) is 83.0 Å². The summed E-state index contributed by atoms with van der Waals surface area (Å²) in [5, 5.41) is 8.21. The van der Waals surface area contributed by atoms with Crippen molar-refractivity contribution < 1.29 is 4.74 Å². The fourth-order valence-corrected chi connectivity index (χ4v) is 3.84. The van der Waals surface area contributed by atoms with Gasteiger partial charge in [-0.1, -0.05) is 38.3 Å². The standard InChI is InChI=1S/C15H26N4O/c1-11(2)13-14(16)17-18-19(13)10-12-6-9-15(20-12)7-4-3-5-8-15/h11-12H,3-10,16H2,1-2H3. The molecule has 2 fully saturated rings. The highest BCUT2D eigenvalue weighted by atomic mass is 16.5. The van der Waals surface area contributed by atoms with Gasteiger partial charge < -0.3 is 10.5 Å². The molecular formula is C15H26N4O. The Bertz CT molecular complexity index is 462. The predicted octanol–water partition coefficient (Wildman–Crippen LogP) is 2.87. The Labute approximate surface area is 120 Å². The Kier molecular flexibility index (Phi) is 3.71. The van der Waals surface area contributed by atoms with Gasteiger partial charge in [0.2, 0.25) is 0 Å². The van der Waals surface area contributed by atoms with Crippen molar-refractivity contribution in [3.05, 3.63) is 5.69 Å². The fraction of sp³-hybridized carbons (Fsp3) is 0.867. The van der Waals surface area contributed by atoms with E-state index < -0.39 is 0 Å². The first-order chi connectivity index (χ1) is 9.60. The molecule has 0 amide bonds. The monoisotopic (exact) mass is 278 g/mol. The molecule has 2 heterocycles. The van der Waals surface area contributed by atoms with Gasteiger partial charge in [0, 0.05) is 0 Å². The summed E-state index contributed by atoms with van der Waals surface area (Å²) in [5.41, 5.74) is 7.13. The van der Waals surface area contributed by atoms with Crippen LogP contribution in [0.15, 0.2) is 0 Å². The number of nitrogen functional groups attached to an aromatic ring is 1. The maximum Gasteiger partial charge on any atom is 0.169 e. The molecule has 1 aliphatic carbocycles. The Hall–Kier alpha value is -1.10. The van der Waals surface area contributed by atoms with E-state index in [9.17, 15) is 0 Å². The zero-order valence-corrected chi connectivity index (χ0v) is 12.6. The van der Waals surface area contributed by atoms with E-state index >= 15 is 0 Å². The van der Waals surface area contributed by atoms with Crippen LogP contribution in [0.25, 0.3) is 0 Å². The van der Waals surface area contributed by atoms with E-state index in [1.54, 1.807) is 0 Å². The van der Waals surface area contributed by atoms with Crippen LogP contribution in [0.2, 0.25) is 0 Å². The van der Waals surface area contributed by atoms with E-state index in [1.165, 1.54) is 38.5 Å². The molecule has 1 spiro atoms. The number of aromatic nitrogens is 3. The van der Waals surface area contributed by atoms with Crippen molar-refractivity contribution in [1.82, 2.24) is 15.0 Å². The lowest BCUT2D eigenvalue weighted by molar-refractivity contribution is -0.0692. The first-order valence-electron chi connectivity index (χ1n) is 7.96. The third-order valence-corrected chi connectivity index (χ3v) is 4.83. The molecule has 2 aliphatic rings. The molecule has 20 heavy (non-hydrogen) atoms. The first-order valence-corrected chi connectivity index (χ1v) is 7.96. The lowest BCUT2D eigenvalue weighted by Gasteiger charge is -2.33. The number of nitrogens with two attached hydrogens (primary N) is 1. The molecule has 5 heteroatoms. The van der Waals surface area contributed by atoms with Gasteiger partial charge in [-0.3, -0.25) is 0 Å². The summed E-state index contributed by atoms with van der Waals surface area (Å²) >= 11 is 0. The maximum atomic E-state index is 6.41. The molecule has 1 saturated carbocycles. The molecule has 112 valence electrons. The van der Waals surface area contributed by atoms with Crippen molar-refractivity contribution in [3.8, 4) is 0 Å². The molecule has 1 aliphatic heterocycles. The van der Waals surface area contributed by atoms with Crippen LogP contribution in [0.4, 0.5) is 5.82 Å². The highest BCUT2D eigenvalue weighted by molar-refractivity contribution is 5.35. The molecule has 1 saturated heterocycles. The first kappa shape index (κ1) is 13.9. The third kappa shape index (κ3) is 2.55. The van der Waals surface area contributed by atoms with Crippen molar-refractivity contribution in [2.24, 2.45) is 0 Å². The van der Waals surface area contributed by atoms with Crippen LogP contribution in [-0.4, -0.2) is 26.7 Å². The molecule has 0 aromatic carbocycles. The molecule has 1 atom stereocenters. The number of nitrogens with zero attached hydrogens (tertiary/aromatic N) is 3. The average Bonchev–Trinajstić information content (AvgIpc) is 2.96. The molecule has 3 rings (SSSR count). The third-order valence-electron chi connectivity index (χ3n) is 4.83. The number of hydrogen-bond donors (Lipinski definition) is 1. The van der Waals surface area contributed by atoms with E-state index in [2.05, 4.69) is 24.2 Å². The van der Waals surface area contributed by atoms with Crippen LogP contribution < -0.4 is 5.73 Å². The van der Waals surface area contributed by atoms with Gasteiger partial charge in [0.15, 0.2) is 5.82 Å². The van der Waals surface area contributed by atoms with Gasteiger partial charge >= 0.3 is 0 Å². The van der Waals surface area contributed by atoms with E-state index in [1.807, 2.05) is 4.68 Å². The molecule has 2 N–H and O–H groups in total.